The molecule has 0 aromatic rings. The number of esters is 1. The molecule has 0 bridgehead atoms. The van der Waals surface area contributed by atoms with Gasteiger partial charge in [0, 0.05) is 18.5 Å². The Kier molecular flexibility index (Phi) is 9.24. The topological polar surface area (TPSA) is 128 Å². The Morgan fingerprint density at radius 1 is 1.23 bits per heavy atom. The molecule has 22 heavy (non-hydrogen) atoms. The Morgan fingerprint density at radius 2 is 1.86 bits per heavy atom. The maximum absolute atomic E-state index is 12.1. The molecule has 4 N–H and O–H groups in total. The number of hydrogen-bond acceptors (Lipinski definition) is 5. The molecule has 0 spiro atoms. The minimum absolute atomic E-state index is 0.250. The minimum Gasteiger partial charge on any atom is -0.466 e. The summed E-state index contributed by atoms with van der Waals surface area (Å²) in [6.07, 6.45) is 3.17. The molecule has 0 unspecified atom stereocenters. The summed E-state index contributed by atoms with van der Waals surface area (Å²) in [4.78, 5) is 45.6. The average Bonchev–Trinajstić information content (AvgIpc) is 2.43. The fourth-order valence-corrected chi connectivity index (χ4v) is 1.57. The van der Waals surface area contributed by atoms with Gasteiger partial charge < -0.3 is 21.1 Å². The lowest BCUT2D eigenvalue weighted by Crippen LogP contribution is -2.50. The van der Waals surface area contributed by atoms with Gasteiger partial charge in [0.25, 0.3) is 0 Å². The second kappa shape index (κ2) is 10.4. The van der Waals surface area contributed by atoms with E-state index in [1.807, 2.05) is 6.92 Å². The standard InChI is InChI=1S/C14H23N3O5/c1-4-5-12(19)17-10(8-11(15)18)14(21)16-9(2)6-7-13(20)22-3/h6-7,9-10H,4-5,8H2,1-3H3,(H2,15,18)(H,16,21)(H,17,19)/b7-6+/t9-,10+/m0/s1. The maximum Gasteiger partial charge on any atom is 0.330 e. The van der Waals surface area contributed by atoms with Crippen molar-refractivity contribution in [1.82, 2.24) is 10.6 Å². The molecule has 0 fully saturated rings. The molecule has 8 nitrogen and oxygen atoms in total. The number of amides is 3. The summed E-state index contributed by atoms with van der Waals surface area (Å²) >= 11 is 0. The van der Waals surface area contributed by atoms with Crippen molar-refractivity contribution in [2.24, 2.45) is 5.73 Å². The van der Waals surface area contributed by atoms with E-state index in [1.165, 1.54) is 19.3 Å². The first-order valence-corrected chi connectivity index (χ1v) is 6.94. The van der Waals surface area contributed by atoms with Crippen LogP contribution in [0.1, 0.15) is 33.1 Å². The van der Waals surface area contributed by atoms with Crippen LogP contribution in [-0.2, 0) is 23.9 Å². The van der Waals surface area contributed by atoms with Gasteiger partial charge in [-0.3, -0.25) is 14.4 Å². The highest BCUT2D eigenvalue weighted by Crippen LogP contribution is 1.97. The van der Waals surface area contributed by atoms with Crippen LogP contribution in [0.15, 0.2) is 12.2 Å². The van der Waals surface area contributed by atoms with Gasteiger partial charge in [0.1, 0.15) is 6.04 Å². The van der Waals surface area contributed by atoms with Gasteiger partial charge in [-0.1, -0.05) is 13.0 Å². The number of methoxy groups -OCH3 is 1. The highest BCUT2D eigenvalue weighted by atomic mass is 16.5. The second-order valence-corrected chi connectivity index (χ2v) is 4.72. The van der Waals surface area contributed by atoms with Crippen LogP contribution < -0.4 is 16.4 Å². The number of ether oxygens (including phenoxy) is 1. The number of rotatable bonds is 9. The molecule has 0 heterocycles. The van der Waals surface area contributed by atoms with Crippen LogP contribution in [0.3, 0.4) is 0 Å². The van der Waals surface area contributed by atoms with E-state index in [1.54, 1.807) is 6.92 Å². The lowest BCUT2D eigenvalue weighted by Gasteiger charge is -2.19. The molecule has 0 radical (unpaired) electrons. The fourth-order valence-electron chi connectivity index (χ4n) is 1.57. The van der Waals surface area contributed by atoms with Crippen molar-refractivity contribution < 1.29 is 23.9 Å². The smallest absolute Gasteiger partial charge is 0.330 e. The summed E-state index contributed by atoms with van der Waals surface area (Å²) in [6, 6.07) is -1.52. The quantitative estimate of drug-likeness (QED) is 0.386. The largest absolute Gasteiger partial charge is 0.466 e. The zero-order valence-corrected chi connectivity index (χ0v) is 13.0. The van der Waals surface area contributed by atoms with E-state index in [4.69, 9.17) is 5.73 Å². The lowest BCUT2D eigenvalue weighted by atomic mass is 10.1. The zero-order valence-electron chi connectivity index (χ0n) is 13.0. The monoisotopic (exact) mass is 313 g/mol. The van der Waals surface area contributed by atoms with E-state index >= 15 is 0 Å². The second-order valence-electron chi connectivity index (χ2n) is 4.72. The van der Waals surface area contributed by atoms with Crippen LogP contribution in [0.25, 0.3) is 0 Å². The van der Waals surface area contributed by atoms with Gasteiger partial charge in [-0.15, -0.1) is 0 Å². The number of carbonyl (C=O) groups is 4. The van der Waals surface area contributed by atoms with Crippen molar-refractivity contribution in [3.8, 4) is 0 Å². The first-order chi connectivity index (χ1) is 10.3. The van der Waals surface area contributed by atoms with Crippen molar-refractivity contribution in [2.75, 3.05) is 7.11 Å². The third-order valence-electron chi connectivity index (χ3n) is 2.63. The number of nitrogens with one attached hydrogen (secondary N) is 2. The first kappa shape index (κ1) is 19.6. The molecule has 124 valence electrons. The molecule has 0 aromatic carbocycles. The van der Waals surface area contributed by atoms with Crippen LogP contribution in [0.4, 0.5) is 0 Å². The van der Waals surface area contributed by atoms with Crippen LogP contribution in [0, 0.1) is 0 Å². The molecule has 0 rings (SSSR count). The van der Waals surface area contributed by atoms with Crippen molar-refractivity contribution in [2.45, 2.75) is 45.2 Å². The van der Waals surface area contributed by atoms with Crippen LogP contribution in [0.5, 0.6) is 0 Å². The maximum atomic E-state index is 12.1. The van der Waals surface area contributed by atoms with Crippen molar-refractivity contribution >= 4 is 23.7 Å². The van der Waals surface area contributed by atoms with Crippen molar-refractivity contribution in [1.29, 1.82) is 0 Å². The van der Waals surface area contributed by atoms with Crippen molar-refractivity contribution in [3.05, 3.63) is 12.2 Å². The highest BCUT2D eigenvalue weighted by Gasteiger charge is 2.23. The van der Waals surface area contributed by atoms with Crippen LogP contribution >= 0.6 is 0 Å². The van der Waals surface area contributed by atoms with Gasteiger partial charge in [-0.2, -0.15) is 0 Å². The average molecular weight is 313 g/mol. The first-order valence-electron chi connectivity index (χ1n) is 6.94. The third-order valence-corrected chi connectivity index (χ3v) is 2.63. The van der Waals surface area contributed by atoms with E-state index in [9.17, 15) is 19.2 Å². The zero-order chi connectivity index (χ0) is 17.1. The van der Waals surface area contributed by atoms with Gasteiger partial charge in [-0.05, 0) is 13.3 Å². The van der Waals surface area contributed by atoms with E-state index < -0.39 is 29.9 Å². The van der Waals surface area contributed by atoms with Gasteiger partial charge >= 0.3 is 5.97 Å². The number of carbonyl (C=O) groups excluding carboxylic acids is 4. The minimum atomic E-state index is -1.04. The molecule has 2 atom stereocenters. The van der Waals surface area contributed by atoms with Crippen LogP contribution in [0.2, 0.25) is 0 Å². The molecule has 0 aromatic heterocycles. The number of hydrogen-bond donors (Lipinski definition) is 3. The third kappa shape index (κ3) is 8.72. The van der Waals surface area contributed by atoms with Gasteiger partial charge in [0.05, 0.1) is 13.5 Å². The molecular weight excluding hydrogens is 290 g/mol. The molecule has 0 aliphatic heterocycles. The highest BCUT2D eigenvalue weighted by molar-refractivity contribution is 5.92. The molecular formula is C14H23N3O5. The van der Waals surface area contributed by atoms with Gasteiger partial charge in [-0.25, -0.2) is 4.79 Å². The summed E-state index contributed by atoms with van der Waals surface area (Å²) in [5.41, 5.74) is 5.08. The molecule has 0 saturated heterocycles. The SMILES string of the molecule is CCCC(=O)N[C@H](CC(N)=O)C(=O)N[C@@H](C)/C=C/C(=O)OC. The fraction of sp³-hybridized carbons (Fsp3) is 0.571. The van der Waals surface area contributed by atoms with E-state index in [0.29, 0.717) is 6.42 Å². The summed E-state index contributed by atoms with van der Waals surface area (Å²) < 4.78 is 4.43. The predicted molar refractivity (Wildman–Crippen MR) is 79.4 cm³/mol. The van der Waals surface area contributed by atoms with Crippen molar-refractivity contribution in [3.63, 3.8) is 0 Å². The summed E-state index contributed by atoms with van der Waals surface area (Å²) in [5.74, 6) is -2.13. The number of nitrogens with two attached hydrogens (primary N) is 1. The Hall–Kier alpha value is -2.38. The van der Waals surface area contributed by atoms with E-state index in [2.05, 4.69) is 15.4 Å². The van der Waals surface area contributed by atoms with Gasteiger partial charge in [0.2, 0.25) is 17.7 Å². The van der Waals surface area contributed by atoms with E-state index in [0.717, 1.165) is 0 Å². The lowest BCUT2D eigenvalue weighted by molar-refractivity contribution is -0.135. The molecule has 3 amide bonds. The molecule has 0 aliphatic carbocycles. The summed E-state index contributed by atoms with van der Waals surface area (Å²) in [5, 5.41) is 5.02. The Balaban J connectivity index is 4.67. The Morgan fingerprint density at radius 3 is 2.36 bits per heavy atom. The molecule has 0 saturated carbocycles. The van der Waals surface area contributed by atoms with Gasteiger partial charge in [0.15, 0.2) is 0 Å². The normalized spacial score (nSPS) is 13.2. The van der Waals surface area contributed by atoms with Crippen LogP contribution in [-0.4, -0.2) is 42.9 Å². The Bertz CT molecular complexity index is 448. The summed E-state index contributed by atoms with van der Waals surface area (Å²) in [7, 11) is 1.24. The molecule has 8 heteroatoms. The number of primary amides is 1. The Labute approximate surface area is 129 Å². The van der Waals surface area contributed by atoms with E-state index in [-0.39, 0.29) is 18.7 Å². The predicted octanol–water partition coefficient (Wildman–Crippen LogP) is -0.619. The summed E-state index contributed by atoms with van der Waals surface area (Å²) in [6.45, 7) is 3.45. The molecule has 0 aliphatic rings.